The second-order valence-corrected chi connectivity index (χ2v) is 11.9. The maximum atomic E-state index is 10.1. The van der Waals surface area contributed by atoms with Crippen molar-refractivity contribution in [1.82, 2.24) is 0 Å². The second-order valence-electron chi connectivity index (χ2n) is 4.54. The Hall–Kier alpha value is -0.846. The minimum atomic E-state index is -1.48. The molecular weight excluding hydrogens is 240 g/mol. The topological polar surface area (TPSA) is 68.1 Å². The Balaban J connectivity index is 4.10. The molecule has 1 atom stereocenters. The summed E-state index contributed by atoms with van der Waals surface area (Å²) in [7, 11) is -2.73. The molecule has 0 radical (unpaired) electrons. The summed E-state index contributed by atoms with van der Waals surface area (Å²) in [6.07, 6.45) is 2.75. The standard InChI is InChI=1S/C9H18N2O3Si2/c1-15(14-16(2,3)4)6-5-9(10-7-12)11-8-13/h9,15H,5-6H2,1-4H3. The molecule has 0 aromatic rings. The van der Waals surface area contributed by atoms with E-state index >= 15 is 0 Å². The number of hydrogen-bond acceptors (Lipinski definition) is 5. The molecule has 0 aliphatic carbocycles. The summed E-state index contributed by atoms with van der Waals surface area (Å²) in [5.41, 5.74) is 0. The van der Waals surface area contributed by atoms with Crippen LogP contribution >= 0.6 is 0 Å². The first-order chi connectivity index (χ1) is 7.39. The first kappa shape index (κ1) is 15.2. The summed E-state index contributed by atoms with van der Waals surface area (Å²) in [4.78, 5) is 27.0. The highest BCUT2D eigenvalue weighted by Crippen LogP contribution is 2.12. The molecule has 0 saturated heterocycles. The molecule has 0 aliphatic heterocycles. The zero-order chi connectivity index (χ0) is 12.6. The van der Waals surface area contributed by atoms with Gasteiger partial charge < -0.3 is 4.12 Å². The number of aliphatic imine (C=N–C) groups is 2. The van der Waals surface area contributed by atoms with Crippen LogP contribution in [-0.4, -0.2) is 35.7 Å². The van der Waals surface area contributed by atoms with Gasteiger partial charge in [-0.05, 0) is 38.7 Å². The van der Waals surface area contributed by atoms with Gasteiger partial charge in [-0.3, -0.25) is 0 Å². The third-order valence-corrected chi connectivity index (χ3v) is 7.37. The second kappa shape index (κ2) is 7.43. The van der Waals surface area contributed by atoms with Gasteiger partial charge in [0.05, 0.1) is 0 Å². The molecule has 0 aromatic carbocycles. The van der Waals surface area contributed by atoms with E-state index in [4.69, 9.17) is 4.12 Å². The van der Waals surface area contributed by atoms with Crippen molar-refractivity contribution in [2.75, 3.05) is 0 Å². The minimum Gasteiger partial charge on any atom is -0.458 e. The van der Waals surface area contributed by atoms with Crippen LogP contribution in [0.15, 0.2) is 9.98 Å². The first-order valence-corrected chi connectivity index (χ1v) is 11.1. The Morgan fingerprint density at radius 1 is 1.25 bits per heavy atom. The van der Waals surface area contributed by atoms with Crippen molar-refractivity contribution in [3.63, 3.8) is 0 Å². The van der Waals surface area contributed by atoms with Gasteiger partial charge in [0.2, 0.25) is 12.2 Å². The molecule has 5 nitrogen and oxygen atoms in total. The Morgan fingerprint density at radius 2 is 1.75 bits per heavy atom. The monoisotopic (exact) mass is 258 g/mol. The molecule has 16 heavy (non-hydrogen) atoms. The van der Waals surface area contributed by atoms with Crippen molar-refractivity contribution in [3.05, 3.63) is 0 Å². The molecule has 0 heterocycles. The molecule has 0 saturated carbocycles. The van der Waals surface area contributed by atoms with E-state index in [2.05, 4.69) is 36.2 Å². The minimum absolute atomic E-state index is 0.558. The smallest absolute Gasteiger partial charge is 0.237 e. The maximum absolute atomic E-state index is 10.1. The summed E-state index contributed by atoms with van der Waals surface area (Å²) in [5.74, 6) is 0. The summed E-state index contributed by atoms with van der Waals surface area (Å²) >= 11 is 0. The average molecular weight is 258 g/mol. The van der Waals surface area contributed by atoms with Gasteiger partial charge in [-0.2, -0.15) is 9.98 Å². The molecule has 0 amide bonds. The molecule has 0 spiro atoms. The Labute approximate surface area is 98.5 Å². The lowest BCUT2D eigenvalue weighted by Crippen LogP contribution is -2.33. The molecule has 0 aliphatic rings. The lowest BCUT2D eigenvalue weighted by Gasteiger charge is -2.23. The van der Waals surface area contributed by atoms with E-state index in [1.54, 1.807) is 0 Å². The van der Waals surface area contributed by atoms with Crippen molar-refractivity contribution in [2.24, 2.45) is 9.98 Å². The lowest BCUT2D eigenvalue weighted by atomic mass is 10.4. The number of rotatable bonds is 7. The van der Waals surface area contributed by atoms with Gasteiger partial charge in [0, 0.05) is 0 Å². The predicted molar refractivity (Wildman–Crippen MR) is 66.9 cm³/mol. The number of isocyanates is 2. The molecule has 0 fully saturated rings. The summed E-state index contributed by atoms with van der Waals surface area (Å²) in [6.45, 7) is 8.52. The van der Waals surface area contributed by atoms with Crippen LogP contribution in [-0.2, 0) is 13.7 Å². The fourth-order valence-electron chi connectivity index (χ4n) is 1.33. The van der Waals surface area contributed by atoms with Crippen LogP contribution in [0.25, 0.3) is 0 Å². The number of carbonyl (C=O) groups excluding carboxylic acids is 2. The molecule has 90 valence electrons. The van der Waals surface area contributed by atoms with E-state index in [0.29, 0.717) is 6.42 Å². The van der Waals surface area contributed by atoms with Gasteiger partial charge in [-0.1, -0.05) is 0 Å². The zero-order valence-electron chi connectivity index (χ0n) is 10.2. The number of nitrogens with zero attached hydrogens (tertiary/aromatic N) is 2. The zero-order valence-corrected chi connectivity index (χ0v) is 12.3. The third-order valence-electron chi connectivity index (χ3n) is 1.79. The largest absolute Gasteiger partial charge is 0.458 e. The van der Waals surface area contributed by atoms with Crippen LogP contribution < -0.4 is 0 Å². The molecule has 0 rings (SSSR count). The first-order valence-electron chi connectivity index (χ1n) is 5.21. The molecule has 0 N–H and O–H groups in total. The summed E-state index contributed by atoms with van der Waals surface area (Å²) in [5, 5.41) is 0. The molecule has 0 bridgehead atoms. The van der Waals surface area contributed by atoms with Gasteiger partial charge in [0.25, 0.3) is 0 Å². The van der Waals surface area contributed by atoms with Gasteiger partial charge >= 0.3 is 0 Å². The van der Waals surface area contributed by atoms with Crippen LogP contribution in [0.3, 0.4) is 0 Å². The van der Waals surface area contributed by atoms with E-state index in [0.717, 1.165) is 6.04 Å². The number of hydrogen-bond donors (Lipinski definition) is 0. The van der Waals surface area contributed by atoms with E-state index in [9.17, 15) is 9.59 Å². The summed E-state index contributed by atoms with van der Waals surface area (Å²) in [6, 6.07) is 0.839. The molecule has 1 unspecified atom stereocenters. The predicted octanol–water partition coefficient (Wildman–Crippen LogP) is 1.58. The van der Waals surface area contributed by atoms with Gasteiger partial charge in [-0.15, -0.1) is 0 Å². The fraction of sp³-hybridized carbons (Fsp3) is 0.778. The van der Waals surface area contributed by atoms with Crippen LogP contribution in [0, 0.1) is 0 Å². The van der Waals surface area contributed by atoms with Crippen LogP contribution in [0.5, 0.6) is 0 Å². The van der Waals surface area contributed by atoms with Crippen LogP contribution in [0.2, 0.25) is 32.2 Å². The van der Waals surface area contributed by atoms with E-state index in [-0.39, 0.29) is 0 Å². The van der Waals surface area contributed by atoms with E-state index < -0.39 is 23.5 Å². The molecular formula is C9H18N2O3Si2. The summed E-state index contributed by atoms with van der Waals surface area (Å²) < 4.78 is 5.94. The highest BCUT2D eigenvalue weighted by atomic mass is 28.4. The SMILES string of the molecule is C[SiH](CCC(N=C=O)N=C=O)O[Si](C)(C)C. The van der Waals surface area contributed by atoms with E-state index in [1.807, 2.05) is 0 Å². The Kier molecular flexibility index (Phi) is 7.04. The van der Waals surface area contributed by atoms with Gasteiger partial charge in [0.1, 0.15) is 0 Å². The van der Waals surface area contributed by atoms with Crippen molar-refractivity contribution in [2.45, 2.75) is 44.8 Å². The Morgan fingerprint density at radius 3 is 2.12 bits per heavy atom. The van der Waals surface area contributed by atoms with Crippen LogP contribution in [0.1, 0.15) is 6.42 Å². The van der Waals surface area contributed by atoms with Gasteiger partial charge in [-0.25, -0.2) is 9.59 Å². The fourth-order valence-corrected chi connectivity index (χ4v) is 7.39. The van der Waals surface area contributed by atoms with Gasteiger partial charge in [0.15, 0.2) is 23.5 Å². The van der Waals surface area contributed by atoms with Crippen molar-refractivity contribution >= 4 is 29.5 Å². The normalized spacial score (nSPS) is 14.5. The molecule has 7 heteroatoms. The van der Waals surface area contributed by atoms with Crippen LogP contribution in [0.4, 0.5) is 0 Å². The quantitative estimate of drug-likeness (QED) is 0.395. The molecule has 0 aromatic heterocycles. The maximum Gasteiger partial charge on any atom is 0.237 e. The average Bonchev–Trinajstić information content (AvgIpc) is 2.12. The van der Waals surface area contributed by atoms with Crippen molar-refractivity contribution in [1.29, 1.82) is 0 Å². The lowest BCUT2D eigenvalue weighted by molar-refractivity contribution is 0.537. The third kappa shape index (κ3) is 8.46. The highest BCUT2D eigenvalue weighted by Gasteiger charge is 2.19. The van der Waals surface area contributed by atoms with Crippen molar-refractivity contribution in [3.8, 4) is 0 Å². The Bertz CT molecular complexity index is 286. The van der Waals surface area contributed by atoms with Crippen molar-refractivity contribution < 1.29 is 13.7 Å². The highest BCUT2D eigenvalue weighted by molar-refractivity contribution is 6.77. The van der Waals surface area contributed by atoms with E-state index in [1.165, 1.54) is 12.2 Å².